The van der Waals surface area contributed by atoms with Gasteiger partial charge in [0.15, 0.2) is 0 Å². The van der Waals surface area contributed by atoms with Gasteiger partial charge in [-0.3, -0.25) is 0 Å². The van der Waals surface area contributed by atoms with Crippen LogP contribution in [0.25, 0.3) is 0 Å². The second kappa shape index (κ2) is 5.71. The van der Waals surface area contributed by atoms with Crippen molar-refractivity contribution < 1.29 is 9.13 Å². The fraction of sp³-hybridized carbons (Fsp3) is 0.250. The van der Waals surface area contributed by atoms with Crippen molar-refractivity contribution in [2.24, 2.45) is 0 Å². The van der Waals surface area contributed by atoms with Crippen LogP contribution in [0.4, 0.5) is 10.1 Å². The maximum Gasteiger partial charge on any atom is 0.143 e. The molecule has 0 saturated heterocycles. The predicted molar refractivity (Wildman–Crippen MR) is 79.2 cm³/mol. The summed E-state index contributed by atoms with van der Waals surface area (Å²) in [6.07, 6.45) is 1.87. The van der Waals surface area contributed by atoms with E-state index in [-0.39, 0.29) is 5.02 Å². The van der Waals surface area contributed by atoms with Crippen LogP contribution in [0, 0.1) is 5.82 Å². The molecule has 0 bridgehead atoms. The van der Waals surface area contributed by atoms with Gasteiger partial charge in [-0.15, -0.1) is 0 Å². The van der Waals surface area contributed by atoms with Crippen LogP contribution >= 0.6 is 11.6 Å². The first-order chi connectivity index (χ1) is 9.72. The summed E-state index contributed by atoms with van der Waals surface area (Å²) in [6.45, 7) is 1.53. The number of fused-ring (bicyclic) bond motifs is 1. The Labute approximate surface area is 122 Å². The van der Waals surface area contributed by atoms with E-state index in [0.29, 0.717) is 0 Å². The summed E-state index contributed by atoms with van der Waals surface area (Å²) in [5, 5.41) is 3.35. The van der Waals surface area contributed by atoms with Gasteiger partial charge < -0.3 is 10.1 Å². The van der Waals surface area contributed by atoms with E-state index in [0.717, 1.165) is 37.4 Å². The lowest BCUT2D eigenvalue weighted by Crippen LogP contribution is -2.05. The largest absolute Gasteiger partial charge is 0.493 e. The minimum absolute atomic E-state index is 0.147. The van der Waals surface area contributed by atoms with E-state index >= 15 is 0 Å². The summed E-state index contributed by atoms with van der Waals surface area (Å²) in [4.78, 5) is 0. The molecule has 2 nitrogen and oxygen atoms in total. The van der Waals surface area contributed by atoms with Gasteiger partial charge in [-0.1, -0.05) is 23.7 Å². The smallest absolute Gasteiger partial charge is 0.143 e. The molecule has 0 aliphatic carbocycles. The van der Waals surface area contributed by atoms with Crippen molar-refractivity contribution in [2.45, 2.75) is 12.8 Å². The van der Waals surface area contributed by atoms with Crippen LogP contribution in [-0.2, 0) is 12.8 Å². The minimum Gasteiger partial charge on any atom is -0.493 e. The lowest BCUT2D eigenvalue weighted by atomic mass is 10.1. The molecule has 104 valence electrons. The highest BCUT2D eigenvalue weighted by atomic mass is 35.5. The highest BCUT2D eigenvalue weighted by molar-refractivity contribution is 6.30. The maximum absolute atomic E-state index is 13.3. The van der Waals surface area contributed by atoms with Crippen molar-refractivity contribution in [3.05, 3.63) is 58.4 Å². The minimum atomic E-state index is -0.397. The Morgan fingerprint density at radius 1 is 1.20 bits per heavy atom. The zero-order valence-corrected chi connectivity index (χ0v) is 11.7. The fourth-order valence-electron chi connectivity index (χ4n) is 2.35. The number of ether oxygens (including phenoxy) is 1. The lowest BCUT2D eigenvalue weighted by Gasteiger charge is -2.08. The van der Waals surface area contributed by atoms with Gasteiger partial charge >= 0.3 is 0 Å². The van der Waals surface area contributed by atoms with E-state index in [4.69, 9.17) is 16.3 Å². The molecule has 0 spiro atoms. The third-order valence-corrected chi connectivity index (χ3v) is 3.72. The Hall–Kier alpha value is -1.74. The molecule has 1 N–H and O–H groups in total. The topological polar surface area (TPSA) is 21.3 Å². The van der Waals surface area contributed by atoms with Crippen molar-refractivity contribution >= 4 is 17.3 Å². The van der Waals surface area contributed by atoms with E-state index in [2.05, 4.69) is 17.4 Å². The Kier molecular flexibility index (Phi) is 3.79. The van der Waals surface area contributed by atoms with Gasteiger partial charge in [0.05, 0.1) is 11.6 Å². The molecule has 3 rings (SSSR count). The molecule has 1 heterocycles. The average molecular weight is 292 g/mol. The quantitative estimate of drug-likeness (QED) is 0.917. The second-order valence-corrected chi connectivity index (χ2v) is 5.25. The molecule has 0 amide bonds. The molecule has 20 heavy (non-hydrogen) atoms. The fourth-order valence-corrected chi connectivity index (χ4v) is 2.47. The van der Waals surface area contributed by atoms with Gasteiger partial charge in [0.25, 0.3) is 0 Å². The van der Waals surface area contributed by atoms with Gasteiger partial charge in [-0.25, -0.2) is 4.39 Å². The summed E-state index contributed by atoms with van der Waals surface area (Å²) < 4.78 is 18.8. The molecule has 0 aromatic heterocycles. The van der Waals surface area contributed by atoms with Crippen molar-refractivity contribution in [3.8, 4) is 5.75 Å². The van der Waals surface area contributed by atoms with Crippen molar-refractivity contribution in [1.29, 1.82) is 0 Å². The Morgan fingerprint density at radius 3 is 2.95 bits per heavy atom. The number of rotatable bonds is 4. The molecule has 2 aromatic carbocycles. The van der Waals surface area contributed by atoms with Crippen LogP contribution in [-0.4, -0.2) is 13.2 Å². The molecule has 0 radical (unpaired) electrons. The molecule has 0 unspecified atom stereocenters. The molecule has 1 aliphatic heterocycles. The highest BCUT2D eigenvalue weighted by Gasteiger charge is 2.11. The van der Waals surface area contributed by atoms with Crippen LogP contribution < -0.4 is 10.1 Å². The highest BCUT2D eigenvalue weighted by Crippen LogP contribution is 2.26. The van der Waals surface area contributed by atoms with E-state index in [1.807, 2.05) is 6.07 Å². The SMILES string of the molecule is Fc1cc(NCCc2ccc3c(c2)CCO3)ccc1Cl. The summed E-state index contributed by atoms with van der Waals surface area (Å²) >= 11 is 5.65. The normalized spacial score (nSPS) is 12.9. The van der Waals surface area contributed by atoms with Crippen LogP contribution in [0.1, 0.15) is 11.1 Å². The average Bonchev–Trinajstić information content (AvgIpc) is 2.90. The first-order valence-electron chi connectivity index (χ1n) is 6.66. The molecular formula is C16H15ClFNO. The van der Waals surface area contributed by atoms with E-state index in [1.54, 1.807) is 12.1 Å². The molecule has 2 aromatic rings. The third kappa shape index (κ3) is 2.88. The first kappa shape index (κ1) is 13.3. The summed E-state index contributed by atoms with van der Waals surface area (Å²) in [7, 11) is 0. The molecule has 4 heteroatoms. The van der Waals surface area contributed by atoms with E-state index in [1.165, 1.54) is 17.2 Å². The van der Waals surface area contributed by atoms with Gasteiger partial charge in [-0.2, -0.15) is 0 Å². The Balaban J connectivity index is 1.58. The molecule has 0 fully saturated rings. The van der Waals surface area contributed by atoms with E-state index < -0.39 is 5.82 Å². The first-order valence-corrected chi connectivity index (χ1v) is 7.04. The van der Waals surface area contributed by atoms with Crippen molar-refractivity contribution in [1.82, 2.24) is 0 Å². The molecule has 0 saturated carbocycles. The van der Waals surface area contributed by atoms with Crippen molar-refractivity contribution in [2.75, 3.05) is 18.5 Å². The zero-order valence-electron chi connectivity index (χ0n) is 11.0. The summed E-state index contributed by atoms with van der Waals surface area (Å²) in [6, 6.07) is 11.0. The molecule has 0 atom stereocenters. The van der Waals surface area contributed by atoms with Gasteiger partial charge in [0, 0.05) is 18.7 Å². The predicted octanol–water partition coefficient (Wildman–Crippen LogP) is 4.07. The Morgan fingerprint density at radius 2 is 2.10 bits per heavy atom. The van der Waals surface area contributed by atoms with Gasteiger partial charge in [-0.05, 0) is 41.8 Å². The zero-order chi connectivity index (χ0) is 13.9. The number of halogens is 2. The van der Waals surface area contributed by atoms with Gasteiger partial charge in [0.1, 0.15) is 11.6 Å². The Bertz CT molecular complexity index is 630. The summed E-state index contributed by atoms with van der Waals surface area (Å²) in [5.74, 6) is 0.604. The lowest BCUT2D eigenvalue weighted by molar-refractivity contribution is 0.357. The second-order valence-electron chi connectivity index (χ2n) is 4.85. The maximum atomic E-state index is 13.3. The van der Waals surface area contributed by atoms with Crippen LogP contribution in [0.3, 0.4) is 0 Å². The number of benzene rings is 2. The molecule has 1 aliphatic rings. The monoisotopic (exact) mass is 291 g/mol. The number of nitrogens with one attached hydrogen (secondary N) is 1. The van der Waals surface area contributed by atoms with Gasteiger partial charge in [0.2, 0.25) is 0 Å². The van der Waals surface area contributed by atoms with Crippen LogP contribution in [0.2, 0.25) is 5.02 Å². The van der Waals surface area contributed by atoms with Crippen LogP contribution in [0.5, 0.6) is 5.75 Å². The number of hydrogen-bond donors (Lipinski definition) is 1. The summed E-state index contributed by atoms with van der Waals surface area (Å²) in [5.41, 5.74) is 3.28. The standard InChI is InChI=1S/C16H15ClFNO/c17-14-3-2-13(10-15(14)18)19-7-5-11-1-4-16-12(9-11)6-8-20-16/h1-4,9-10,19H,5-8H2. The number of anilines is 1. The van der Waals surface area contributed by atoms with Crippen LogP contribution in [0.15, 0.2) is 36.4 Å². The van der Waals surface area contributed by atoms with Crippen molar-refractivity contribution in [3.63, 3.8) is 0 Å². The number of hydrogen-bond acceptors (Lipinski definition) is 2. The molecular weight excluding hydrogens is 277 g/mol. The van der Waals surface area contributed by atoms with E-state index in [9.17, 15) is 4.39 Å². The third-order valence-electron chi connectivity index (χ3n) is 3.42.